The topological polar surface area (TPSA) is 175 Å². The maximum Gasteiger partial charge on any atom is 0.337 e. The van der Waals surface area contributed by atoms with Gasteiger partial charge in [0.1, 0.15) is 18.3 Å². The lowest BCUT2D eigenvalue weighted by Crippen LogP contribution is -2.66. The molecule has 7 unspecified atom stereocenters. The summed E-state index contributed by atoms with van der Waals surface area (Å²) in [5, 5.41) is 49.5. The predicted octanol–water partition coefficient (Wildman–Crippen LogP) is -4.03. The predicted molar refractivity (Wildman–Crippen MR) is 66.3 cm³/mol. The number of carbonyl (C=O) groups excluding carboxylic acids is 1. The van der Waals surface area contributed by atoms with Crippen LogP contribution >= 0.6 is 0 Å². The van der Waals surface area contributed by atoms with Crippen LogP contribution in [-0.2, 0) is 23.8 Å². The fraction of sp³-hybridized carbons (Fsp3) is 0.818. The molecule has 1 saturated heterocycles. The largest absolute Gasteiger partial charge is 0.479 e. The summed E-state index contributed by atoms with van der Waals surface area (Å²) in [6.45, 7) is -0.637. The molecule has 0 aromatic rings. The highest BCUT2D eigenvalue weighted by Gasteiger charge is 2.46. The summed E-state index contributed by atoms with van der Waals surface area (Å²) in [5.74, 6) is -1.68. The Bertz CT molecular complexity index is 380. The zero-order chi connectivity index (χ0) is 16.9. The van der Waals surface area contributed by atoms with Crippen molar-refractivity contribution in [3.63, 3.8) is 0 Å². The van der Waals surface area contributed by atoms with E-state index in [9.17, 15) is 24.9 Å². The number of nitrogens with one attached hydrogen (secondary N) is 1. The number of aliphatic hydroxyl groups is 4. The van der Waals surface area contributed by atoms with Crippen molar-refractivity contribution in [2.45, 2.75) is 43.0 Å². The van der Waals surface area contributed by atoms with Gasteiger partial charge in [-0.3, -0.25) is 10.1 Å². The Hall–Kier alpha value is -1.34. The number of aliphatic hydroxyl groups excluding tert-OH is 4. The van der Waals surface area contributed by atoms with Gasteiger partial charge in [0.15, 0.2) is 12.5 Å². The molecule has 0 aliphatic carbocycles. The van der Waals surface area contributed by atoms with Crippen LogP contribution in [0.15, 0.2) is 0 Å². The number of carboxylic acid groups (broad SMARTS) is 1. The SMILES string of the molecule is COC1C(CO)OC(O)C(NC(OC=O)C(O)C(=O)O)C1O. The summed E-state index contributed by atoms with van der Waals surface area (Å²) in [7, 11) is 1.24. The number of aliphatic carboxylic acids is 1. The maximum atomic E-state index is 10.7. The Morgan fingerprint density at radius 3 is 2.55 bits per heavy atom. The summed E-state index contributed by atoms with van der Waals surface area (Å²) in [5.41, 5.74) is 0. The molecule has 11 heteroatoms. The van der Waals surface area contributed by atoms with Gasteiger partial charge in [0.05, 0.1) is 12.6 Å². The van der Waals surface area contributed by atoms with E-state index in [1.807, 2.05) is 0 Å². The molecule has 1 fully saturated rings. The van der Waals surface area contributed by atoms with Crippen molar-refractivity contribution in [1.82, 2.24) is 5.32 Å². The average molecular weight is 325 g/mol. The zero-order valence-electron chi connectivity index (χ0n) is 11.6. The fourth-order valence-electron chi connectivity index (χ4n) is 2.14. The number of rotatable bonds is 8. The molecule has 128 valence electrons. The smallest absolute Gasteiger partial charge is 0.337 e. The molecule has 0 amide bonds. The van der Waals surface area contributed by atoms with E-state index < -0.39 is 55.6 Å². The minimum absolute atomic E-state index is 0.101. The summed E-state index contributed by atoms with van der Waals surface area (Å²) < 4.78 is 14.4. The van der Waals surface area contributed by atoms with Gasteiger partial charge in [0.25, 0.3) is 6.47 Å². The molecule has 0 radical (unpaired) electrons. The molecule has 1 rings (SSSR count). The molecule has 0 spiro atoms. The Kier molecular flexibility index (Phi) is 7.09. The molecule has 6 N–H and O–H groups in total. The van der Waals surface area contributed by atoms with Crippen LogP contribution < -0.4 is 5.32 Å². The molecule has 22 heavy (non-hydrogen) atoms. The van der Waals surface area contributed by atoms with Crippen molar-refractivity contribution < 1.29 is 49.3 Å². The Balaban J connectivity index is 2.88. The second-order valence-corrected chi connectivity index (χ2v) is 4.57. The minimum Gasteiger partial charge on any atom is -0.479 e. The highest BCUT2D eigenvalue weighted by atomic mass is 16.6. The summed E-state index contributed by atoms with van der Waals surface area (Å²) in [6, 6.07) is -1.34. The lowest BCUT2D eigenvalue weighted by molar-refractivity contribution is -0.264. The normalized spacial score (nSPS) is 34.7. The fourth-order valence-corrected chi connectivity index (χ4v) is 2.14. The second kappa shape index (κ2) is 8.33. The molecule has 1 heterocycles. The lowest BCUT2D eigenvalue weighted by Gasteiger charge is -2.43. The third kappa shape index (κ3) is 4.10. The van der Waals surface area contributed by atoms with E-state index >= 15 is 0 Å². The van der Waals surface area contributed by atoms with E-state index in [1.54, 1.807) is 0 Å². The lowest BCUT2D eigenvalue weighted by atomic mass is 9.96. The van der Waals surface area contributed by atoms with E-state index in [0.29, 0.717) is 0 Å². The molecule has 1 aliphatic rings. The van der Waals surface area contributed by atoms with Crippen LogP contribution in [0.25, 0.3) is 0 Å². The van der Waals surface area contributed by atoms with Gasteiger partial charge in [0, 0.05) is 7.11 Å². The van der Waals surface area contributed by atoms with Gasteiger partial charge in [-0.15, -0.1) is 0 Å². The van der Waals surface area contributed by atoms with E-state index in [1.165, 1.54) is 7.11 Å². The molecule has 0 bridgehead atoms. The Morgan fingerprint density at radius 1 is 1.45 bits per heavy atom. The summed E-state index contributed by atoms with van der Waals surface area (Å²) >= 11 is 0. The molecule has 1 aliphatic heterocycles. The number of methoxy groups -OCH3 is 1. The third-order valence-corrected chi connectivity index (χ3v) is 3.24. The minimum atomic E-state index is -2.14. The first-order chi connectivity index (χ1) is 10.4. The number of hydrogen-bond donors (Lipinski definition) is 6. The highest BCUT2D eigenvalue weighted by Crippen LogP contribution is 2.22. The monoisotopic (exact) mass is 325 g/mol. The molecule has 0 aromatic carbocycles. The van der Waals surface area contributed by atoms with Crippen molar-refractivity contribution in [2.24, 2.45) is 0 Å². The van der Waals surface area contributed by atoms with Crippen LogP contribution in [0.2, 0.25) is 0 Å². The number of carbonyl (C=O) groups is 2. The van der Waals surface area contributed by atoms with Gasteiger partial charge in [-0.05, 0) is 0 Å². The molecule has 7 atom stereocenters. The van der Waals surface area contributed by atoms with Gasteiger partial charge in [-0.2, -0.15) is 0 Å². The number of ether oxygens (including phenoxy) is 3. The van der Waals surface area contributed by atoms with E-state index in [4.69, 9.17) is 19.7 Å². The van der Waals surface area contributed by atoms with Crippen LogP contribution in [0.5, 0.6) is 0 Å². The van der Waals surface area contributed by atoms with Gasteiger partial charge in [-0.1, -0.05) is 0 Å². The van der Waals surface area contributed by atoms with Crippen LogP contribution in [0.1, 0.15) is 0 Å². The summed E-state index contributed by atoms with van der Waals surface area (Å²) in [4.78, 5) is 21.1. The summed E-state index contributed by atoms with van der Waals surface area (Å²) in [6.07, 6.45) is -9.04. The average Bonchev–Trinajstić information content (AvgIpc) is 2.48. The first kappa shape index (κ1) is 18.7. The van der Waals surface area contributed by atoms with Crippen molar-refractivity contribution >= 4 is 12.4 Å². The Morgan fingerprint density at radius 2 is 2.09 bits per heavy atom. The van der Waals surface area contributed by atoms with Crippen molar-refractivity contribution in [3.05, 3.63) is 0 Å². The second-order valence-electron chi connectivity index (χ2n) is 4.57. The maximum absolute atomic E-state index is 10.7. The number of hydrogen-bond acceptors (Lipinski definition) is 10. The quantitative estimate of drug-likeness (QED) is 0.189. The standard InChI is InChI=1S/C11H19NO10/c1-20-8-4(2-13)22-11(19)5(6(8)15)12-9(21-3-14)7(16)10(17)18/h3-9,11-13,15-16,19H,2H2,1H3,(H,17,18). The van der Waals surface area contributed by atoms with E-state index in [2.05, 4.69) is 10.1 Å². The number of carboxylic acids is 1. The third-order valence-electron chi connectivity index (χ3n) is 3.24. The molecule has 0 aromatic heterocycles. The Labute approximate surface area is 125 Å². The van der Waals surface area contributed by atoms with E-state index in [0.717, 1.165) is 0 Å². The van der Waals surface area contributed by atoms with Gasteiger partial charge < -0.3 is 39.7 Å². The van der Waals surface area contributed by atoms with E-state index in [-0.39, 0.29) is 6.47 Å². The van der Waals surface area contributed by atoms with Gasteiger partial charge >= 0.3 is 5.97 Å². The zero-order valence-corrected chi connectivity index (χ0v) is 11.6. The molecule has 11 nitrogen and oxygen atoms in total. The van der Waals surface area contributed by atoms with Crippen molar-refractivity contribution in [1.29, 1.82) is 0 Å². The van der Waals surface area contributed by atoms with Gasteiger partial charge in [-0.25, -0.2) is 4.79 Å². The highest BCUT2D eigenvalue weighted by molar-refractivity contribution is 5.72. The molecular weight excluding hydrogens is 306 g/mol. The van der Waals surface area contributed by atoms with Crippen molar-refractivity contribution in [3.8, 4) is 0 Å². The van der Waals surface area contributed by atoms with Crippen LogP contribution in [0, 0.1) is 0 Å². The van der Waals surface area contributed by atoms with Crippen molar-refractivity contribution in [2.75, 3.05) is 13.7 Å². The van der Waals surface area contributed by atoms with Crippen LogP contribution in [-0.4, -0.2) is 94.7 Å². The van der Waals surface area contributed by atoms with Gasteiger partial charge in [0.2, 0.25) is 6.10 Å². The van der Waals surface area contributed by atoms with Crippen LogP contribution in [0.3, 0.4) is 0 Å². The molecule has 0 saturated carbocycles. The first-order valence-electron chi connectivity index (χ1n) is 6.28. The molecular formula is C11H19NO10. The van der Waals surface area contributed by atoms with Crippen LogP contribution in [0.4, 0.5) is 0 Å². The first-order valence-corrected chi connectivity index (χ1v) is 6.28.